The fourth-order valence-corrected chi connectivity index (χ4v) is 6.09. The fourth-order valence-electron chi connectivity index (χ4n) is 6.09. The van der Waals surface area contributed by atoms with E-state index in [0.29, 0.717) is 0 Å². The molecule has 0 amide bonds. The van der Waals surface area contributed by atoms with Crippen LogP contribution in [0.2, 0.25) is 0 Å². The van der Waals surface area contributed by atoms with Crippen LogP contribution in [0.4, 0.5) is 0 Å². The van der Waals surface area contributed by atoms with Crippen LogP contribution in [0.1, 0.15) is 56.2 Å². The first-order chi connectivity index (χ1) is 20.1. The predicted molar refractivity (Wildman–Crippen MR) is 180 cm³/mol. The van der Waals surface area contributed by atoms with E-state index in [0.717, 1.165) is 12.8 Å². The summed E-state index contributed by atoms with van der Waals surface area (Å²) in [5.41, 5.74) is 11.8. The molecule has 6 aromatic rings. The minimum absolute atomic E-state index is 1.16. The first-order valence-electron chi connectivity index (χ1n) is 15.4. The van der Waals surface area contributed by atoms with Gasteiger partial charge in [-0.1, -0.05) is 129 Å². The van der Waals surface area contributed by atoms with Crippen LogP contribution in [0.15, 0.2) is 115 Å². The fraction of sp³-hybridized carbons (Fsp3) is 0.220. The summed E-state index contributed by atoms with van der Waals surface area (Å²) in [6.45, 7) is 6.69. The highest BCUT2D eigenvalue weighted by atomic mass is 14.2. The maximum absolute atomic E-state index is 2.39. The van der Waals surface area contributed by atoms with Gasteiger partial charge in [-0.25, -0.2) is 0 Å². The molecular weight excluding hydrogens is 492 g/mol. The molecule has 0 aliphatic heterocycles. The quantitative estimate of drug-likeness (QED) is 0.162. The average Bonchev–Trinajstić information content (AvgIpc) is 3.01. The second kappa shape index (κ2) is 12.1. The third-order valence-corrected chi connectivity index (χ3v) is 8.47. The van der Waals surface area contributed by atoms with E-state index in [9.17, 15) is 0 Å². The van der Waals surface area contributed by atoms with E-state index in [1.165, 1.54) is 97.3 Å². The molecule has 0 fully saturated rings. The Morgan fingerprint density at radius 3 is 1.39 bits per heavy atom. The van der Waals surface area contributed by atoms with Crippen molar-refractivity contribution in [3.63, 3.8) is 0 Å². The molecule has 0 atom stereocenters. The maximum atomic E-state index is 2.39. The highest BCUT2D eigenvalue weighted by molar-refractivity contribution is 6.14. The molecule has 0 aliphatic rings. The van der Waals surface area contributed by atoms with E-state index in [1.807, 2.05) is 0 Å². The number of rotatable bonds is 9. The molecule has 0 radical (unpaired) electrons. The van der Waals surface area contributed by atoms with Gasteiger partial charge in [-0.3, -0.25) is 0 Å². The first-order valence-corrected chi connectivity index (χ1v) is 15.4. The Morgan fingerprint density at radius 1 is 0.439 bits per heavy atom. The monoisotopic (exact) mass is 532 g/mol. The van der Waals surface area contributed by atoms with Gasteiger partial charge in [-0.05, 0) is 117 Å². The molecule has 6 rings (SSSR count). The smallest absolute Gasteiger partial charge is 0.00267 e. The van der Waals surface area contributed by atoms with Crippen LogP contribution in [-0.2, 0) is 12.8 Å². The summed E-state index contributed by atoms with van der Waals surface area (Å²) >= 11 is 0. The maximum Gasteiger partial charge on any atom is -0.00267 e. The highest BCUT2D eigenvalue weighted by Gasteiger charge is 2.13. The Balaban J connectivity index is 1.47. The van der Waals surface area contributed by atoms with E-state index in [4.69, 9.17) is 0 Å². The van der Waals surface area contributed by atoms with Gasteiger partial charge in [0.15, 0.2) is 0 Å². The highest BCUT2D eigenvalue weighted by Crippen LogP contribution is 2.39. The van der Waals surface area contributed by atoms with Crippen molar-refractivity contribution in [2.75, 3.05) is 0 Å². The summed E-state index contributed by atoms with van der Waals surface area (Å²) in [4.78, 5) is 0. The van der Waals surface area contributed by atoms with E-state index in [-0.39, 0.29) is 0 Å². The molecule has 0 heterocycles. The molecule has 0 saturated carbocycles. The lowest BCUT2D eigenvalue weighted by Crippen LogP contribution is -1.89. The van der Waals surface area contributed by atoms with Gasteiger partial charge >= 0.3 is 0 Å². The topological polar surface area (TPSA) is 0 Å². The van der Waals surface area contributed by atoms with Crippen LogP contribution >= 0.6 is 0 Å². The second-order valence-electron chi connectivity index (χ2n) is 11.6. The molecule has 0 spiro atoms. The van der Waals surface area contributed by atoms with Crippen LogP contribution < -0.4 is 0 Å². The minimum Gasteiger partial charge on any atom is -0.0654 e. The summed E-state index contributed by atoms with van der Waals surface area (Å²) in [7, 11) is 0. The number of benzene rings is 6. The number of fused-ring (bicyclic) bond motifs is 2. The second-order valence-corrected chi connectivity index (χ2v) is 11.6. The predicted octanol–water partition coefficient (Wildman–Crippen LogP) is 12.0. The Labute approximate surface area is 245 Å². The third kappa shape index (κ3) is 5.84. The van der Waals surface area contributed by atoms with Crippen molar-refractivity contribution in [1.29, 1.82) is 0 Å². The summed E-state index contributed by atoms with van der Waals surface area (Å²) in [6, 6.07) is 43.7. The summed E-state index contributed by atoms with van der Waals surface area (Å²) in [6.07, 6.45) is 7.27. The molecule has 41 heavy (non-hydrogen) atoms. The average molecular weight is 533 g/mol. The van der Waals surface area contributed by atoms with E-state index >= 15 is 0 Å². The van der Waals surface area contributed by atoms with E-state index in [2.05, 4.69) is 136 Å². The molecular formula is C41H40. The van der Waals surface area contributed by atoms with Crippen molar-refractivity contribution in [3.8, 4) is 33.4 Å². The molecule has 6 aromatic carbocycles. The zero-order chi connectivity index (χ0) is 28.2. The van der Waals surface area contributed by atoms with Gasteiger partial charge in [0.25, 0.3) is 0 Å². The molecule has 204 valence electrons. The van der Waals surface area contributed by atoms with Crippen molar-refractivity contribution in [2.24, 2.45) is 0 Å². The molecule has 0 saturated heterocycles. The van der Waals surface area contributed by atoms with Crippen LogP contribution in [0.3, 0.4) is 0 Å². The van der Waals surface area contributed by atoms with Crippen molar-refractivity contribution in [1.82, 2.24) is 0 Å². The molecule has 0 unspecified atom stereocenters. The van der Waals surface area contributed by atoms with Gasteiger partial charge in [0.1, 0.15) is 0 Å². The molecule has 0 bridgehead atoms. The summed E-state index contributed by atoms with van der Waals surface area (Å²) in [5.74, 6) is 0. The van der Waals surface area contributed by atoms with Gasteiger partial charge in [0, 0.05) is 0 Å². The Hall–Kier alpha value is -4.16. The zero-order valence-electron chi connectivity index (χ0n) is 24.7. The van der Waals surface area contributed by atoms with Crippen LogP contribution in [0.5, 0.6) is 0 Å². The lowest BCUT2D eigenvalue weighted by Gasteiger charge is -2.15. The van der Waals surface area contributed by atoms with Gasteiger partial charge in [-0.15, -0.1) is 0 Å². The summed E-state index contributed by atoms with van der Waals surface area (Å²) < 4.78 is 0. The van der Waals surface area contributed by atoms with Crippen molar-refractivity contribution in [3.05, 3.63) is 132 Å². The molecule has 0 nitrogen and oxygen atoms in total. The van der Waals surface area contributed by atoms with Crippen LogP contribution in [0.25, 0.3) is 54.9 Å². The molecule has 0 heteroatoms. The SMILES string of the molecule is CCCCc1ccc(-c2ccc3c(-c4cccc(C)c4)c4ccc(-c5ccc(CCCC)cc5)cc4cc3c2)cc1. The van der Waals surface area contributed by atoms with Gasteiger partial charge in [-0.2, -0.15) is 0 Å². The van der Waals surface area contributed by atoms with E-state index in [1.54, 1.807) is 0 Å². The van der Waals surface area contributed by atoms with Gasteiger partial charge in [0.05, 0.1) is 0 Å². The van der Waals surface area contributed by atoms with Gasteiger partial charge in [0.2, 0.25) is 0 Å². The van der Waals surface area contributed by atoms with Crippen molar-refractivity contribution in [2.45, 2.75) is 59.3 Å². The largest absolute Gasteiger partial charge is 0.0654 e. The van der Waals surface area contributed by atoms with Crippen molar-refractivity contribution < 1.29 is 0 Å². The van der Waals surface area contributed by atoms with Crippen molar-refractivity contribution >= 4 is 21.5 Å². The molecule has 0 aliphatic carbocycles. The number of hydrogen-bond acceptors (Lipinski definition) is 0. The standard InChI is InChI=1S/C41H40/c1-4-6-10-30-13-17-32(18-14-30)34-21-23-39-37(26-34)28-38-27-35(33-19-15-31(16-20-33)11-7-5-2)22-24-40(38)41(39)36-12-8-9-29(3)25-36/h8-9,12-28H,4-7,10-11H2,1-3H3. The van der Waals surface area contributed by atoms with Crippen LogP contribution in [0, 0.1) is 6.92 Å². The number of unbranched alkanes of at least 4 members (excludes halogenated alkanes) is 2. The van der Waals surface area contributed by atoms with Gasteiger partial charge < -0.3 is 0 Å². The Kier molecular flexibility index (Phi) is 8.01. The number of aryl methyl sites for hydroxylation is 3. The first kappa shape index (κ1) is 27.0. The normalized spacial score (nSPS) is 11.4. The minimum atomic E-state index is 1.16. The Bertz CT molecular complexity index is 1680. The lowest BCUT2D eigenvalue weighted by molar-refractivity contribution is 0.795. The molecule has 0 aromatic heterocycles. The number of hydrogen-bond donors (Lipinski definition) is 0. The zero-order valence-corrected chi connectivity index (χ0v) is 24.7. The van der Waals surface area contributed by atoms with Crippen LogP contribution in [-0.4, -0.2) is 0 Å². The molecule has 0 N–H and O–H groups in total. The lowest BCUT2D eigenvalue weighted by atomic mass is 9.88. The summed E-state index contributed by atoms with van der Waals surface area (Å²) in [5, 5.41) is 5.18. The van der Waals surface area contributed by atoms with E-state index < -0.39 is 0 Å². The Morgan fingerprint density at radius 2 is 0.927 bits per heavy atom. The third-order valence-electron chi connectivity index (χ3n) is 8.47.